The molecule has 0 radical (unpaired) electrons. The van der Waals surface area contributed by atoms with Gasteiger partial charge in [0.1, 0.15) is 0 Å². The van der Waals surface area contributed by atoms with Gasteiger partial charge in [-0.25, -0.2) is 0 Å². The number of nitrogens with one attached hydrogen (secondary N) is 1. The third-order valence-corrected chi connectivity index (χ3v) is 2.46. The predicted molar refractivity (Wildman–Crippen MR) is 51.1 cm³/mol. The van der Waals surface area contributed by atoms with E-state index >= 15 is 0 Å². The minimum Gasteiger partial charge on any atom is -0.314 e. The molecule has 10 heavy (non-hydrogen) atoms. The summed E-state index contributed by atoms with van der Waals surface area (Å²) in [6.45, 7) is 10.8. The van der Waals surface area contributed by atoms with Crippen molar-refractivity contribution in [3.05, 3.63) is 0 Å². The summed E-state index contributed by atoms with van der Waals surface area (Å²) in [5, 5.41) is 3.39. The Balaban J connectivity index is 3.56. The van der Waals surface area contributed by atoms with Gasteiger partial charge in [-0.3, -0.25) is 0 Å². The van der Waals surface area contributed by atoms with E-state index in [4.69, 9.17) is 11.1 Å². The van der Waals surface area contributed by atoms with E-state index in [1.807, 2.05) is 0 Å². The third kappa shape index (κ3) is 8.47. The summed E-state index contributed by atoms with van der Waals surface area (Å²) in [7, 11) is -1.41. The van der Waals surface area contributed by atoms with Crippen LogP contribution in [0, 0.1) is 0 Å². The molecule has 0 heterocycles. The van der Waals surface area contributed by atoms with Crippen LogP contribution in [0.5, 0.6) is 0 Å². The fraction of sp³-hybridized carbons (Fsp3) is 1.00. The molecule has 0 atom stereocenters. The van der Waals surface area contributed by atoms with Crippen LogP contribution in [0.2, 0.25) is 13.1 Å². The normalized spacial score (nSPS) is 13.8. The molecule has 0 aromatic carbocycles. The fourth-order valence-corrected chi connectivity index (χ4v) is 1.63. The molecule has 0 fully saturated rings. The summed E-state index contributed by atoms with van der Waals surface area (Å²) in [4.78, 5) is 0. The van der Waals surface area contributed by atoms with Gasteiger partial charge in [-0.15, -0.1) is 0 Å². The molecule has 1 N–H and O–H groups in total. The molecule has 0 aliphatic carbocycles. The van der Waals surface area contributed by atoms with E-state index in [0.717, 1.165) is 6.17 Å². The molecule has 0 amide bonds. The highest BCUT2D eigenvalue weighted by molar-refractivity contribution is 7.19. The van der Waals surface area contributed by atoms with Crippen LogP contribution in [0.3, 0.4) is 0 Å². The van der Waals surface area contributed by atoms with Crippen LogP contribution < -0.4 is 5.32 Å². The van der Waals surface area contributed by atoms with Crippen molar-refractivity contribution < 1.29 is 0 Å². The molecule has 62 valence electrons. The zero-order chi connectivity index (χ0) is 8.41. The van der Waals surface area contributed by atoms with Crippen molar-refractivity contribution in [1.82, 2.24) is 5.32 Å². The van der Waals surface area contributed by atoms with Crippen LogP contribution in [0.15, 0.2) is 0 Å². The lowest BCUT2D eigenvalue weighted by Crippen LogP contribution is -2.44. The van der Waals surface area contributed by atoms with E-state index in [1.54, 1.807) is 0 Å². The van der Waals surface area contributed by atoms with Crippen LogP contribution >= 0.6 is 11.1 Å². The Morgan fingerprint density at radius 2 is 1.70 bits per heavy atom. The first-order chi connectivity index (χ1) is 4.21. The van der Waals surface area contributed by atoms with Crippen molar-refractivity contribution in [2.45, 2.75) is 39.4 Å². The maximum Gasteiger partial charge on any atom is 0.163 e. The van der Waals surface area contributed by atoms with Crippen molar-refractivity contribution in [2.75, 3.05) is 6.17 Å². The summed E-state index contributed by atoms with van der Waals surface area (Å²) < 4.78 is 0. The van der Waals surface area contributed by atoms with Crippen molar-refractivity contribution in [3.8, 4) is 0 Å². The smallest absolute Gasteiger partial charge is 0.163 e. The summed E-state index contributed by atoms with van der Waals surface area (Å²) in [5.74, 6) is 0. The van der Waals surface area contributed by atoms with E-state index < -0.39 is 7.38 Å². The van der Waals surface area contributed by atoms with Crippen molar-refractivity contribution in [1.29, 1.82) is 0 Å². The third-order valence-electron chi connectivity index (χ3n) is 1.04. The summed E-state index contributed by atoms with van der Waals surface area (Å²) in [6.07, 6.45) is 0.984. The van der Waals surface area contributed by atoms with Crippen molar-refractivity contribution in [3.63, 3.8) is 0 Å². The second-order valence-electron chi connectivity index (χ2n) is 4.32. The Kier molecular flexibility index (Phi) is 3.39. The Morgan fingerprint density at radius 1 is 1.30 bits per heavy atom. The molecule has 0 aromatic rings. The molecule has 0 aliphatic heterocycles. The first kappa shape index (κ1) is 10.5. The summed E-state index contributed by atoms with van der Waals surface area (Å²) in [6, 6.07) is 0. The monoisotopic (exact) mass is 179 g/mol. The standard InChI is InChI=1S/C7H18ClNSi/c1-7(2,3)9-6-10(4,5)8/h9H,6H2,1-5H3. The van der Waals surface area contributed by atoms with Crippen LogP contribution in [0.25, 0.3) is 0 Å². The molecule has 0 rings (SSSR count). The predicted octanol–water partition coefficient (Wildman–Crippen LogP) is 2.36. The zero-order valence-electron chi connectivity index (χ0n) is 7.59. The zero-order valence-corrected chi connectivity index (χ0v) is 9.34. The SMILES string of the molecule is CC(C)(C)NC[Si](C)(C)Cl. The van der Waals surface area contributed by atoms with Gasteiger partial charge in [0.25, 0.3) is 0 Å². The van der Waals surface area contributed by atoms with Crippen LogP contribution in [0.1, 0.15) is 20.8 Å². The van der Waals surface area contributed by atoms with E-state index in [-0.39, 0.29) is 5.54 Å². The van der Waals surface area contributed by atoms with Gasteiger partial charge in [0.05, 0.1) is 0 Å². The molecule has 0 saturated heterocycles. The van der Waals surface area contributed by atoms with Gasteiger partial charge in [-0.2, -0.15) is 11.1 Å². The topological polar surface area (TPSA) is 12.0 Å². The lowest BCUT2D eigenvalue weighted by atomic mass is 10.1. The maximum absolute atomic E-state index is 6.12. The molecule has 0 aromatic heterocycles. The molecule has 0 spiro atoms. The van der Waals surface area contributed by atoms with E-state index in [2.05, 4.69) is 39.2 Å². The van der Waals surface area contributed by atoms with Crippen LogP contribution in [-0.2, 0) is 0 Å². The van der Waals surface area contributed by atoms with Gasteiger partial charge in [0.15, 0.2) is 7.38 Å². The Morgan fingerprint density at radius 3 is 1.80 bits per heavy atom. The second kappa shape index (κ2) is 3.24. The van der Waals surface area contributed by atoms with Gasteiger partial charge in [-0.05, 0) is 20.8 Å². The molecular formula is C7H18ClNSi. The quantitative estimate of drug-likeness (QED) is 0.507. The Hall–Kier alpha value is 0.467. The highest BCUT2D eigenvalue weighted by atomic mass is 35.6. The second-order valence-corrected chi connectivity index (χ2v) is 11.2. The number of rotatable bonds is 2. The van der Waals surface area contributed by atoms with Gasteiger partial charge in [0, 0.05) is 11.7 Å². The lowest BCUT2D eigenvalue weighted by molar-refractivity contribution is 0.456. The fourth-order valence-electron chi connectivity index (χ4n) is 0.475. The highest BCUT2D eigenvalue weighted by Crippen LogP contribution is 2.07. The average molecular weight is 180 g/mol. The van der Waals surface area contributed by atoms with Crippen LogP contribution in [-0.4, -0.2) is 19.1 Å². The van der Waals surface area contributed by atoms with Crippen LogP contribution in [0.4, 0.5) is 0 Å². The van der Waals surface area contributed by atoms with Gasteiger partial charge in [-0.1, -0.05) is 13.1 Å². The molecule has 0 aliphatic rings. The summed E-state index contributed by atoms with van der Waals surface area (Å²) >= 11 is 6.12. The van der Waals surface area contributed by atoms with E-state index in [0.29, 0.717) is 0 Å². The van der Waals surface area contributed by atoms with Gasteiger partial charge in [0.2, 0.25) is 0 Å². The minimum atomic E-state index is -1.41. The largest absolute Gasteiger partial charge is 0.314 e. The van der Waals surface area contributed by atoms with Gasteiger partial charge >= 0.3 is 0 Å². The molecule has 0 unspecified atom stereocenters. The average Bonchev–Trinajstić information content (AvgIpc) is 1.57. The summed E-state index contributed by atoms with van der Waals surface area (Å²) in [5.41, 5.74) is 0.208. The molecular weight excluding hydrogens is 162 g/mol. The van der Waals surface area contributed by atoms with E-state index in [9.17, 15) is 0 Å². The van der Waals surface area contributed by atoms with Crippen molar-refractivity contribution >= 4 is 18.5 Å². The number of halogens is 1. The number of hydrogen-bond acceptors (Lipinski definition) is 1. The maximum atomic E-state index is 6.12. The Bertz CT molecular complexity index is 87.2. The van der Waals surface area contributed by atoms with Gasteiger partial charge < -0.3 is 5.32 Å². The first-order valence-corrected chi connectivity index (χ1v) is 7.87. The lowest BCUT2D eigenvalue weighted by Gasteiger charge is -2.24. The number of hydrogen-bond donors (Lipinski definition) is 1. The van der Waals surface area contributed by atoms with E-state index in [1.165, 1.54) is 0 Å². The highest BCUT2D eigenvalue weighted by Gasteiger charge is 2.19. The molecule has 0 bridgehead atoms. The van der Waals surface area contributed by atoms with Crippen molar-refractivity contribution in [2.24, 2.45) is 0 Å². The molecule has 0 saturated carbocycles. The minimum absolute atomic E-state index is 0.208. The molecule has 3 heteroatoms. The first-order valence-electron chi connectivity index (χ1n) is 3.65. The Labute approximate surface area is 69.9 Å². The molecule has 1 nitrogen and oxygen atoms in total.